The molecule has 2 rings (SSSR count). The largest absolute Gasteiger partial charge is 0.305 e. The van der Waals surface area contributed by atoms with Gasteiger partial charge in [0.25, 0.3) is 0 Å². The zero-order chi connectivity index (χ0) is 13.0. The Bertz CT molecular complexity index is 466. The molecule has 0 bridgehead atoms. The first-order valence-corrected chi connectivity index (χ1v) is 6.38. The Morgan fingerprint density at radius 1 is 1.28 bits per heavy atom. The Kier molecular flexibility index (Phi) is 4.33. The fraction of sp³-hybridized carbons (Fsp3) is 0.385. The van der Waals surface area contributed by atoms with E-state index in [2.05, 4.69) is 46.5 Å². The first kappa shape index (κ1) is 13.1. The summed E-state index contributed by atoms with van der Waals surface area (Å²) in [6, 6.07) is 8.47. The van der Waals surface area contributed by atoms with Crippen molar-refractivity contribution < 1.29 is 0 Å². The van der Waals surface area contributed by atoms with Crippen LogP contribution >= 0.6 is 11.6 Å². The van der Waals surface area contributed by atoms with E-state index in [4.69, 9.17) is 11.6 Å². The van der Waals surface area contributed by atoms with E-state index in [0.717, 1.165) is 17.3 Å². The monoisotopic (exact) mass is 264 g/mol. The molecule has 4 nitrogen and oxygen atoms in total. The lowest BCUT2D eigenvalue weighted by Crippen LogP contribution is -2.31. The number of aromatic amines is 1. The van der Waals surface area contributed by atoms with E-state index in [1.165, 1.54) is 11.9 Å². The van der Waals surface area contributed by atoms with Gasteiger partial charge in [-0.2, -0.15) is 5.10 Å². The summed E-state index contributed by atoms with van der Waals surface area (Å²) in [5.74, 6) is 0.859. The SMILES string of the molecule is CC(Cc1ccc(Cl)cc1)NC(C)c1ncn[nH]1. The quantitative estimate of drug-likeness (QED) is 0.873. The first-order valence-electron chi connectivity index (χ1n) is 6.01. The lowest BCUT2D eigenvalue weighted by Gasteiger charge is -2.18. The summed E-state index contributed by atoms with van der Waals surface area (Å²) in [4.78, 5) is 4.14. The van der Waals surface area contributed by atoms with Crippen LogP contribution in [0.25, 0.3) is 0 Å². The van der Waals surface area contributed by atoms with Gasteiger partial charge >= 0.3 is 0 Å². The zero-order valence-electron chi connectivity index (χ0n) is 10.5. The Morgan fingerprint density at radius 2 is 2.00 bits per heavy atom. The molecule has 1 heterocycles. The van der Waals surface area contributed by atoms with Crippen molar-refractivity contribution in [2.24, 2.45) is 0 Å². The van der Waals surface area contributed by atoms with Crippen molar-refractivity contribution in [2.45, 2.75) is 32.4 Å². The third kappa shape index (κ3) is 3.55. The molecule has 0 aliphatic carbocycles. The molecular formula is C13H17ClN4. The molecule has 0 saturated heterocycles. The van der Waals surface area contributed by atoms with Crippen LogP contribution in [0.4, 0.5) is 0 Å². The van der Waals surface area contributed by atoms with E-state index < -0.39 is 0 Å². The van der Waals surface area contributed by atoms with E-state index in [-0.39, 0.29) is 6.04 Å². The van der Waals surface area contributed by atoms with Crippen molar-refractivity contribution in [1.29, 1.82) is 0 Å². The minimum Gasteiger partial charge on any atom is -0.305 e. The lowest BCUT2D eigenvalue weighted by atomic mass is 10.1. The highest BCUT2D eigenvalue weighted by atomic mass is 35.5. The second-order valence-corrected chi connectivity index (χ2v) is 4.93. The van der Waals surface area contributed by atoms with E-state index >= 15 is 0 Å². The standard InChI is InChI=1S/C13H17ClN4/c1-9(7-11-3-5-12(14)6-4-11)17-10(2)13-15-8-16-18-13/h3-6,8-10,17H,7H2,1-2H3,(H,15,16,18). The van der Waals surface area contributed by atoms with Crippen LogP contribution in [0.1, 0.15) is 31.3 Å². The fourth-order valence-electron chi connectivity index (χ4n) is 1.96. The van der Waals surface area contributed by atoms with Gasteiger partial charge in [-0.25, -0.2) is 4.98 Å². The normalized spacial score (nSPS) is 14.4. The molecular weight excluding hydrogens is 248 g/mol. The van der Waals surface area contributed by atoms with Crippen molar-refractivity contribution in [3.05, 3.63) is 47.0 Å². The summed E-state index contributed by atoms with van der Waals surface area (Å²) in [5, 5.41) is 11.0. The highest BCUT2D eigenvalue weighted by Gasteiger charge is 2.11. The highest BCUT2D eigenvalue weighted by molar-refractivity contribution is 6.30. The number of benzene rings is 1. The predicted octanol–water partition coefficient (Wildman–Crippen LogP) is 2.74. The summed E-state index contributed by atoms with van der Waals surface area (Å²) in [6.45, 7) is 4.22. The summed E-state index contributed by atoms with van der Waals surface area (Å²) in [6.07, 6.45) is 2.48. The van der Waals surface area contributed by atoms with E-state index in [1.807, 2.05) is 12.1 Å². The van der Waals surface area contributed by atoms with Gasteiger partial charge < -0.3 is 5.32 Å². The number of hydrogen-bond donors (Lipinski definition) is 2. The maximum atomic E-state index is 5.87. The van der Waals surface area contributed by atoms with Crippen LogP contribution in [-0.4, -0.2) is 21.2 Å². The molecule has 0 fully saturated rings. The summed E-state index contributed by atoms with van der Waals surface area (Å²) in [7, 11) is 0. The van der Waals surface area contributed by atoms with Crippen molar-refractivity contribution in [3.63, 3.8) is 0 Å². The number of hydrogen-bond acceptors (Lipinski definition) is 3. The number of aromatic nitrogens is 3. The van der Waals surface area contributed by atoms with Gasteiger partial charge in [-0.3, -0.25) is 5.10 Å². The first-order chi connectivity index (χ1) is 8.65. The molecule has 0 aliphatic rings. The number of H-pyrrole nitrogens is 1. The molecule has 0 spiro atoms. The minimum absolute atomic E-state index is 0.162. The molecule has 1 aromatic carbocycles. The van der Waals surface area contributed by atoms with Crippen molar-refractivity contribution in [2.75, 3.05) is 0 Å². The van der Waals surface area contributed by atoms with E-state index in [1.54, 1.807) is 0 Å². The summed E-state index contributed by atoms with van der Waals surface area (Å²) in [5.41, 5.74) is 1.27. The van der Waals surface area contributed by atoms with Gasteiger partial charge in [0, 0.05) is 11.1 Å². The van der Waals surface area contributed by atoms with Crippen LogP contribution in [0.2, 0.25) is 5.02 Å². The molecule has 2 aromatic rings. The summed E-state index contributed by atoms with van der Waals surface area (Å²) >= 11 is 5.87. The van der Waals surface area contributed by atoms with Gasteiger partial charge in [0.1, 0.15) is 12.2 Å². The molecule has 1 aromatic heterocycles. The summed E-state index contributed by atoms with van der Waals surface area (Å²) < 4.78 is 0. The molecule has 0 amide bonds. The fourth-order valence-corrected chi connectivity index (χ4v) is 2.09. The zero-order valence-corrected chi connectivity index (χ0v) is 11.3. The Morgan fingerprint density at radius 3 is 2.61 bits per heavy atom. The second-order valence-electron chi connectivity index (χ2n) is 4.49. The molecule has 0 aliphatic heterocycles. The average Bonchev–Trinajstić information content (AvgIpc) is 2.85. The van der Waals surface area contributed by atoms with E-state index in [9.17, 15) is 0 Å². The number of nitrogens with one attached hydrogen (secondary N) is 2. The molecule has 2 unspecified atom stereocenters. The number of nitrogens with zero attached hydrogens (tertiary/aromatic N) is 2. The third-order valence-corrected chi connectivity index (χ3v) is 3.09. The molecule has 5 heteroatoms. The van der Waals surface area contributed by atoms with Crippen LogP contribution in [0.3, 0.4) is 0 Å². The van der Waals surface area contributed by atoms with Crippen LogP contribution < -0.4 is 5.32 Å². The smallest absolute Gasteiger partial charge is 0.141 e. The van der Waals surface area contributed by atoms with Gasteiger partial charge in [0.2, 0.25) is 0 Å². The molecule has 0 saturated carbocycles. The van der Waals surface area contributed by atoms with Crippen molar-refractivity contribution >= 4 is 11.6 Å². The van der Waals surface area contributed by atoms with Gasteiger partial charge in [0.15, 0.2) is 0 Å². The molecule has 2 atom stereocenters. The van der Waals surface area contributed by atoms with Gasteiger partial charge in [-0.15, -0.1) is 0 Å². The van der Waals surface area contributed by atoms with Crippen LogP contribution in [0, 0.1) is 0 Å². The Balaban J connectivity index is 1.88. The molecule has 96 valence electrons. The van der Waals surface area contributed by atoms with Crippen molar-refractivity contribution in [1.82, 2.24) is 20.5 Å². The average molecular weight is 265 g/mol. The highest BCUT2D eigenvalue weighted by Crippen LogP contribution is 2.12. The van der Waals surface area contributed by atoms with Crippen LogP contribution in [-0.2, 0) is 6.42 Å². The lowest BCUT2D eigenvalue weighted by molar-refractivity contribution is 0.462. The second kappa shape index (κ2) is 5.98. The minimum atomic E-state index is 0.162. The Labute approximate surface area is 112 Å². The van der Waals surface area contributed by atoms with Crippen LogP contribution in [0.5, 0.6) is 0 Å². The molecule has 18 heavy (non-hydrogen) atoms. The molecule has 2 N–H and O–H groups in total. The van der Waals surface area contributed by atoms with Crippen molar-refractivity contribution in [3.8, 4) is 0 Å². The number of rotatable bonds is 5. The maximum Gasteiger partial charge on any atom is 0.141 e. The Hall–Kier alpha value is -1.39. The van der Waals surface area contributed by atoms with Gasteiger partial charge in [-0.05, 0) is 38.0 Å². The maximum absolute atomic E-state index is 5.87. The molecule has 0 radical (unpaired) electrons. The van der Waals surface area contributed by atoms with Crippen LogP contribution in [0.15, 0.2) is 30.6 Å². The number of halogens is 1. The predicted molar refractivity (Wildman–Crippen MR) is 72.6 cm³/mol. The third-order valence-electron chi connectivity index (χ3n) is 2.83. The van der Waals surface area contributed by atoms with Gasteiger partial charge in [0.05, 0.1) is 6.04 Å². The topological polar surface area (TPSA) is 53.6 Å². The van der Waals surface area contributed by atoms with Gasteiger partial charge in [-0.1, -0.05) is 23.7 Å². The van der Waals surface area contributed by atoms with E-state index in [0.29, 0.717) is 6.04 Å².